The van der Waals surface area contributed by atoms with Crippen molar-refractivity contribution in [3.63, 3.8) is 0 Å². The van der Waals surface area contributed by atoms with Gasteiger partial charge in [-0.05, 0) is 37.1 Å². The van der Waals surface area contributed by atoms with Crippen molar-refractivity contribution >= 4 is 38.3 Å². The second-order valence-corrected chi connectivity index (χ2v) is 9.87. The van der Waals surface area contributed by atoms with Crippen LogP contribution in [0.1, 0.15) is 38.9 Å². The lowest BCUT2D eigenvalue weighted by Gasteiger charge is -2.29. The van der Waals surface area contributed by atoms with Crippen LogP contribution in [0.5, 0.6) is 0 Å². The van der Waals surface area contributed by atoms with E-state index in [0.29, 0.717) is 6.42 Å². The fourth-order valence-corrected chi connectivity index (χ4v) is 3.35. The summed E-state index contributed by atoms with van der Waals surface area (Å²) in [5.41, 5.74) is -0.707. The van der Waals surface area contributed by atoms with Crippen LogP contribution in [0.15, 0.2) is 23.9 Å². The van der Waals surface area contributed by atoms with Gasteiger partial charge in [0, 0.05) is 17.5 Å². The van der Waals surface area contributed by atoms with Gasteiger partial charge in [0.15, 0.2) is 5.57 Å². The fraction of sp³-hybridized carbons (Fsp3) is 0.444. The minimum atomic E-state index is -1.61. The SMILES string of the molecule is C[Si](C)OC(CC(C)(C)C)c1c(NC=C(C(=O)O)C(=O)O)ccc(Cl)c1F. The van der Waals surface area contributed by atoms with Crippen LogP contribution in [-0.4, -0.2) is 31.2 Å². The molecule has 0 saturated heterocycles. The van der Waals surface area contributed by atoms with Crippen LogP contribution in [0.4, 0.5) is 10.1 Å². The quantitative estimate of drug-likeness (QED) is 0.246. The van der Waals surface area contributed by atoms with E-state index in [0.717, 1.165) is 6.20 Å². The maximum atomic E-state index is 14.9. The number of nitrogens with one attached hydrogen (secondary N) is 1. The molecule has 1 rings (SSSR count). The van der Waals surface area contributed by atoms with E-state index in [1.165, 1.54) is 12.1 Å². The zero-order chi connectivity index (χ0) is 20.9. The first-order valence-electron chi connectivity index (χ1n) is 8.21. The first-order valence-corrected chi connectivity index (χ1v) is 11.0. The molecule has 0 aromatic heterocycles. The molecule has 0 amide bonds. The lowest BCUT2D eigenvalue weighted by atomic mass is 9.86. The second kappa shape index (κ2) is 9.34. The summed E-state index contributed by atoms with van der Waals surface area (Å²) in [7, 11) is -1.20. The minimum Gasteiger partial charge on any atom is -0.477 e. The molecular formula is C18H24ClFNO5Si. The van der Waals surface area contributed by atoms with Crippen molar-refractivity contribution in [2.75, 3.05) is 5.32 Å². The molecule has 0 heterocycles. The average molecular weight is 417 g/mol. The van der Waals surface area contributed by atoms with Gasteiger partial charge < -0.3 is 20.0 Å². The van der Waals surface area contributed by atoms with E-state index in [9.17, 15) is 14.0 Å². The Hall–Kier alpha value is -1.90. The summed E-state index contributed by atoms with van der Waals surface area (Å²) in [6, 6.07) is 2.78. The Kier molecular flexibility index (Phi) is 8.00. The van der Waals surface area contributed by atoms with Crippen molar-refractivity contribution in [2.24, 2.45) is 5.41 Å². The summed E-state index contributed by atoms with van der Waals surface area (Å²) in [6.07, 6.45) is 0.680. The number of halogens is 2. The molecule has 0 saturated carbocycles. The van der Waals surface area contributed by atoms with E-state index in [1.54, 1.807) is 0 Å². The molecule has 27 heavy (non-hydrogen) atoms. The van der Waals surface area contributed by atoms with Crippen molar-refractivity contribution in [3.05, 3.63) is 40.3 Å². The molecule has 0 aliphatic carbocycles. The van der Waals surface area contributed by atoms with Gasteiger partial charge in [0.1, 0.15) is 5.82 Å². The van der Waals surface area contributed by atoms with Crippen LogP contribution in [0.2, 0.25) is 18.1 Å². The molecule has 149 valence electrons. The van der Waals surface area contributed by atoms with Crippen molar-refractivity contribution in [1.82, 2.24) is 0 Å². The Balaban J connectivity index is 3.46. The predicted octanol–water partition coefficient (Wildman–Crippen LogP) is 4.69. The van der Waals surface area contributed by atoms with Crippen LogP contribution >= 0.6 is 11.6 Å². The minimum absolute atomic E-state index is 0.0975. The number of aliphatic carboxylic acids is 2. The van der Waals surface area contributed by atoms with Crippen molar-refractivity contribution < 1.29 is 28.6 Å². The molecule has 0 spiro atoms. The highest BCUT2D eigenvalue weighted by molar-refractivity contribution is 6.48. The van der Waals surface area contributed by atoms with E-state index in [2.05, 4.69) is 5.32 Å². The van der Waals surface area contributed by atoms with Gasteiger partial charge in [0.2, 0.25) is 9.04 Å². The van der Waals surface area contributed by atoms with E-state index in [4.69, 9.17) is 26.2 Å². The number of carbonyl (C=O) groups is 2. The second-order valence-electron chi connectivity index (χ2n) is 7.41. The van der Waals surface area contributed by atoms with Crippen LogP contribution < -0.4 is 5.32 Å². The van der Waals surface area contributed by atoms with Crippen LogP contribution in [0.3, 0.4) is 0 Å². The summed E-state index contributed by atoms with van der Waals surface area (Å²) in [5.74, 6) is -3.90. The molecule has 0 fully saturated rings. The lowest BCUT2D eigenvalue weighted by Crippen LogP contribution is -2.22. The zero-order valence-electron chi connectivity index (χ0n) is 15.9. The van der Waals surface area contributed by atoms with Gasteiger partial charge in [-0.25, -0.2) is 14.0 Å². The number of carboxylic acid groups (broad SMARTS) is 2. The topological polar surface area (TPSA) is 95.9 Å². The van der Waals surface area contributed by atoms with Gasteiger partial charge in [-0.1, -0.05) is 32.4 Å². The number of rotatable bonds is 8. The molecule has 1 unspecified atom stereocenters. The largest absolute Gasteiger partial charge is 0.477 e. The molecule has 9 heteroatoms. The Bertz CT molecular complexity index is 730. The van der Waals surface area contributed by atoms with E-state index in [-0.39, 0.29) is 21.7 Å². The Morgan fingerprint density at radius 1 is 1.30 bits per heavy atom. The van der Waals surface area contributed by atoms with Gasteiger partial charge >= 0.3 is 11.9 Å². The highest BCUT2D eigenvalue weighted by Gasteiger charge is 2.28. The van der Waals surface area contributed by atoms with Gasteiger partial charge in [-0.2, -0.15) is 0 Å². The Morgan fingerprint density at radius 3 is 2.30 bits per heavy atom. The zero-order valence-corrected chi connectivity index (χ0v) is 17.6. The third-order valence-corrected chi connectivity index (χ3v) is 4.51. The fourth-order valence-electron chi connectivity index (χ4n) is 2.42. The third-order valence-electron chi connectivity index (χ3n) is 3.46. The number of hydrogen-bond donors (Lipinski definition) is 3. The van der Waals surface area contributed by atoms with Crippen LogP contribution in [0.25, 0.3) is 0 Å². The molecule has 0 aliphatic rings. The van der Waals surface area contributed by atoms with E-state index >= 15 is 0 Å². The molecule has 1 radical (unpaired) electrons. The normalized spacial score (nSPS) is 12.6. The molecule has 1 aromatic rings. The molecular weight excluding hydrogens is 393 g/mol. The number of anilines is 1. The Labute approximate surface area is 164 Å². The smallest absolute Gasteiger partial charge is 0.344 e. The molecule has 3 N–H and O–H groups in total. The molecule has 1 aromatic carbocycles. The van der Waals surface area contributed by atoms with Gasteiger partial charge in [0.05, 0.1) is 11.1 Å². The predicted molar refractivity (Wildman–Crippen MR) is 104 cm³/mol. The lowest BCUT2D eigenvalue weighted by molar-refractivity contribution is -0.140. The van der Waals surface area contributed by atoms with Crippen molar-refractivity contribution in [1.29, 1.82) is 0 Å². The monoisotopic (exact) mass is 416 g/mol. The molecule has 0 aliphatic heterocycles. The molecule has 6 nitrogen and oxygen atoms in total. The van der Waals surface area contributed by atoms with Gasteiger partial charge in [-0.3, -0.25) is 0 Å². The first-order chi connectivity index (χ1) is 12.3. The highest BCUT2D eigenvalue weighted by Crippen LogP contribution is 2.39. The van der Waals surface area contributed by atoms with Crippen LogP contribution in [-0.2, 0) is 14.0 Å². The summed E-state index contributed by atoms with van der Waals surface area (Å²) in [5, 5.41) is 20.4. The maximum absolute atomic E-state index is 14.9. The standard InChI is InChI=1S/C18H24ClFNO5Si/c1-18(2,3)8-13(26-27(4)5)14-12(7-6-11(19)15(14)20)21-9-10(16(22)23)17(24)25/h6-7,9,13,21H,8H2,1-5H3,(H,22,23)(H,24,25). The van der Waals surface area contributed by atoms with Crippen molar-refractivity contribution in [3.8, 4) is 0 Å². The van der Waals surface area contributed by atoms with Crippen LogP contribution in [0, 0.1) is 11.2 Å². The summed E-state index contributed by atoms with van der Waals surface area (Å²) >= 11 is 5.95. The van der Waals surface area contributed by atoms with Gasteiger partial charge in [0.25, 0.3) is 0 Å². The Morgan fingerprint density at radius 2 is 1.85 bits per heavy atom. The number of carboxylic acids is 2. The molecule has 0 bridgehead atoms. The number of hydrogen-bond acceptors (Lipinski definition) is 4. The summed E-state index contributed by atoms with van der Waals surface area (Å²) < 4.78 is 20.9. The summed E-state index contributed by atoms with van der Waals surface area (Å²) in [4.78, 5) is 22.1. The highest BCUT2D eigenvalue weighted by atomic mass is 35.5. The van der Waals surface area contributed by atoms with Gasteiger partial charge in [-0.15, -0.1) is 0 Å². The summed E-state index contributed by atoms with van der Waals surface area (Å²) in [6.45, 7) is 9.81. The van der Waals surface area contributed by atoms with E-state index in [1.807, 2.05) is 33.9 Å². The van der Waals surface area contributed by atoms with Crippen molar-refractivity contribution in [2.45, 2.75) is 46.4 Å². The maximum Gasteiger partial charge on any atom is 0.344 e. The van der Waals surface area contributed by atoms with E-state index < -0.39 is 38.5 Å². The number of benzene rings is 1. The molecule has 1 atom stereocenters. The first kappa shape index (κ1) is 23.1. The average Bonchev–Trinajstić information content (AvgIpc) is 2.47. The third kappa shape index (κ3) is 6.97.